The van der Waals surface area contributed by atoms with Crippen LogP contribution in [0.5, 0.6) is 5.75 Å². The smallest absolute Gasteiger partial charge is 0.410 e. The summed E-state index contributed by atoms with van der Waals surface area (Å²) in [5.74, 6) is 2.06. The number of carbonyl (C=O) groups excluding carboxylic acids is 1. The molecule has 2 aromatic heterocycles. The van der Waals surface area contributed by atoms with E-state index in [2.05, 4.69) is 20.1 Å². The van der Waals surface area contributed by atoms with E-state index in [4.69, 9.17) is 19.4 Å². The lowest BCUT2D eigenvalue weighted by Gasteiger charge is -2.28. The van der Waals surface area contributed by atoms with Crippen molar-refractivity contribution in [3.05, 3.63) is 54.4 Å². The summed E-state index contributed by atoms with van der Waals surface area (Å²) in [5.41, 5.74) is 3.88. The SMILES string of the molecule is CCNC(=O)Oc1cccc(-c2nc(N3CCOCC3)nc3c2CCN3c2ccncc2)c1. The van der Waals surface area contributed by atoms with Gasteiger partial charge in [-0.2, -0.15) is 4.98 Å². The van der Waals surface area contributed by atoms with Crippen molar-refractivity contribution in [3.63, 3.8) is 0 Å². The van der Waals surface area contributed by atoms with Crippen LogP contribution in [0.1, 0.15) is 12.5 Å². The van der Waals surface area contributed by atoms with Crippen LogP contribution in [0, 0.1) is 0 Å². The van der Waals surface area contributed by atoms with Crippen molar-refractivity contribution in [3.8, 4) is 17.0 Å². The van der Waals surface area contributed by atoms with E-state index in [1.165, 1.54) is 0 Å². The molecule has 2 aliphatic heterocycles. The first-order valence-corrected chi connectivity index (χ1v) is 11.2. The molecule has 0 aliphatic carbocycles. The fraction of sp³-hybridized carbons (Fsp3) is 0.333. The van der Waals surface area contributed by atoms with E-state index in [1.807, 2.05) is 37.3 Å². The minimum atomic E-state index is -0.472. The fourth-order valence-corrected chi connectivity index (χ4v) is 4.16. The highest BCUT2D eigenvalue weighted by Crippen LogP contribution is 2.39. The van der Waals surface area contributed by atoms with Gasteiger partial charge in [0, 0.05) is 55.4 Å². The van der Waals surface area contributed by atoms with Crippen LogP contribution in [0.3, 0.4) is 0 Å². The summed E-state index contributed by atoms with van der Waals surface area (Å²) < 4.78 is 11.0. The Morgan fingerprint density at radius 1 is 1.12 bits per heavy atom. The molecule has 0 unspecified atom stereocenters. The number of amides is 1. The number of ether oxygens (including phenoxy) is 2. The number of hydrogen-bond donors (Lipinski definition) is 1. The van der Waals surface area contributed by atoms with Crippen LogP contribution in [-0.4, -0.2) is 60.4 Å². The van der Waals surface area contributed by atoms with Gasteiger partial charge in [0.15, 0.2) is 0 Å². The van der Waals surface area contributed by atoms with Crippen molar-refractivity contribution in [1.82, 2.24) is 20.3 Å². The molecule has 1 N–H and O–H groups in total. The summed E-state index contributed by atoms with van der Waals surface area (Å²) in [6.07, 6.45) is 3.93. The van der Waals surface area contributed by atoms with Gasteiger partial charge in [0.1, 0.15) is 11.6 Å². The van der Waals surface area contributed by atoms with E-state index in [0.29, 0.717) is 31.5 Å². The second-order valence-corrected chi connectivity index (χ2v) is 7.83. The van der Waals surface area contributed by atoms with E-state index in [-0.39, 0.29) is 0 Å². The normalized spacial score (nSPS) is 15.3. The molecule has 1 fully saturated rings. The Morgan fingerprint density at radius 3 is 2.73 bits per heavy atom. The van der Waals surface area contributed by atoms with Crippen molar-refractivity contribution < 1.29 is 14.3 Å². The number of benzene rings is 1. The Morgan fingerprint density at radius 2 is 1.94 bits per heavy atom. The summed E-state index contributed by atoms with van der Waals surface area (Å²) >= 11 is 0. The minimum Gasteiger partial charge on any atom is -0.410 e. The third-order valence-corrected chi connectivity index (χ3v) is 5.72. The highest BCUT2D eigenvalue weighted by atomic mass is 16.6. The molecule has 1 saturated heterocycles. The number of anilines is 3. The molecule has 0 spiro atoms. The molecule has 1 amide bonds. The van der Waals surface area contributed by atoms with E-state index in [0.717, 1.165) is 54.4 Å². The first-order chi connectivity index (χ1) is 16.2. The molecular weight excluding hydrogens is 420 g/mol. The lowest BCUT2D eigenvalue weighted by Crippen LogP contribution is -2.37. The number of nitrogens with zero attached hydrogens (tertiary/aromatic N) is 5. The van der Waals surface area contributed by atoms with Gasteiger partial charge in [0.25, 0.3) is 0 Å². The van der Waals surface area contributed by atoms with E-state index in [1.54, 1.807) is 18.5 Å². The summed E-state index contributed by atoms with van der Waals surface area (Å²) in [7, 11) is 0. The number of morpholine rings is 1. The van der Waals surface area contributed by atoms with Gasteiger partial charge in [0.2, 0.25) is 5.95 Å². The highest BCUT2D eigenvalue weighted by Gasteiger charge is 2.29. The van der Waals surface area contributed by atoms with Gasteiger partial charge in [-0.05, 0) is 37.6 Å². The molecule has 0 radical (unpaired) electrons. The van der Waals surface area contributed by atoms with Crippen LogP contribution in [0.25, 0.3) is 11.3 Å². The second-order valence-electron chi connectivity index (χ2n) is 7.83. The standard InChI is InChI=1S/C24H26N6O3/c1-2-26-24(31)33-19-5-3-4-17(16-19)21-20-8-11-30(18-6-9-25-10-7-18)22(20)28-23(27-21)29-12-14-32-15-13-29/h3-7,9-10,16H,2,8,11-15H2,1H3,(H,26,31). The van der Waals surface area contributed by atoms with Crippen LogP contribution >= 0.6 is 0 Å². The van der Waals surface area contributed by atoms with Crippen LogP contribution < -0.4 is 19.9 Å². The van der Waals surface area contributed by atoms with Gasteiger partial charge in [-0.25, -0.2) is 9.78 Å². The Hall–Kier alpha value is -3.72. The fourth-order valence-electron chi connectivity index (χ4n) is 4.16. The molecular formula is C24H26N6O3. The summed E-state index contributed by atoms with van der Waals surface area (Å²) in [6, 6.07) is 11.5. The zero-order chi connectivity index (χ0) is 22.6. The number of aromatic nitrogens is 3. The maximum absolute atomic E-state index is 11.9. The number of fused-ring (bicyclic) bond motifs is 1. The number of carbonyl (C=O) groups is 1. The van der Waals surface area contributed by atoms with E-state index >= 15 is 0 Å². The van der Waals surface area contributed by atoms with E-state index < -0.39 is 6.09 Å². The highest BCUT2D eigenvalue weighted by molar-refractivity contribution is 5.78. The summed E-state index contributed by atoms with van der Waals surface area (Å²) in [5, 5.41) is 2.65. The molecule has 0 atom stereocenters. The number of nitrogens with one attached hydrogen (secondary N) is 1. The predicted molar refractivity (Wildman–Crippen MR) is 125 cm³/mol. The Kier molecular flexibility index (Phi) is 6.03. The van der Waals surface area contributed by atoms with Gasteiger partial charge in [-0.3, -0.25) is 4.98 Å². The Bertz CT molecular complexity index is 1130. The minimum absolute atomic E-state index is 0.472. The average Bonchev–Trinajstić information content (AvgIpc) is 3.29. The van der Waals surface area contributed by atoms with Crippen molar-refractivity contribution in [2.45, 2.75) is 13.3 Å². The predicted octanol–water partition coefficient (Wildman–Crippen LogP) is 3.18. The maximum Gasteiger partial charge on any atom is 0.412 e. The average molecular weight is 447 g/mol. The largest absolute Gasteiger partial charge is 0.412 e. The quantitative estimate of drug-likeness (QED) is 0.639. The van der Waals surface area contributed by atoms with Crippen molar-refractivity contribution in [1.29, 1.82) is 0 Å². The zero-order valence-electron chi connectivity index (χ0n) is 18.5. The lowest BCUT2D eigenvalue weighted by molar-refractivity contribution is 0.122. The first-order valence-electron chi connectivity index (χ1n) is 11.2. The van der Waals surface area contributed by atoms with Gasteiger partial charge >= 0.3 is 6.09 Å². The zero-order valence-corrected chi connectivity index (χ0v) is 18.5. The molecule has 33 heavy (non-hydrogen) atoms. The van der Waals surface area contributed by atoms with Crippen LogP contribution in [0.15, 0.2) is 48.8 Å². The Balaban J connectivity index is 1.57. The third-order valence-electron chi connectivity index (χ3n) is 5.72. The first kappa shape index (κ1) is 21.1. The number of hydrogen-bond acceptors (Lipinski definition) is 8. The topological polar surface area (TPSA) is 92.7 Å². The monoisotopic (exact) mass is 446 g/mol. The molecule has 3 aromatic rings. The third kappa shape index (κ3) is 4.45. The molecule has 170 valence electrons. The van der Waals surface area contributed by atoms with Gasteiger partial charge in [-0.1, -0.05) is 12.1 Å². The van der Waals surface area contributed by atoms with Gasteiger partial charge < -0.3 is 24.6 Å². The second kappa shape index (κ2) is 9.41. The van der Waals surface area contributed by atoms with Crippen LogP contribution in [-0.2, 0) is 11.2 Å². The molecule has 2 aliphatic rings. The molecule has 1 aromatic carbocycles. The van der Waals surface area contributed by atoms with Crippen molar-refractivity contribution in [2.75, 3.05) is 49.2 Å². The van der Waals surface area contributed by atoms with Crippen LogP contribution in [0.4, 0.5) is 22.2 Å². The molecule has 9 heteroatoms. The van der Waals surface area contributed by atoms with Gasteiger partial charge in [0.05, 0.1) is 18.9 Å². The molecule has 5 rings (SSSR count). The Labute approximate surface area is 192 Å². The van der Waals surface area contributed by atoms with Gasteiger partial charge in [-0.15, -0.1) is 0 Å². The molecule has 9 nitrogen and oxygen atoms in total. The van der Waals surface area contributed by atoms with Crippen molar-refractivity contribution in [2.24, 2.45) is 0 Å². The lowest BCUT2D eigenvalue weighted by atomic mass is 10.1. The van der Waals surface area contributed by atoms with E-state index in [9.17, 15) is 4.79 Å². The maximum atomic E-state index is 11.9. The summed E-state index contributed by atoms with van der Waals surface area (Å²) in [6.45, 7) is 5.96. The molecule has 0 bridgehead atoms. The molecule has 4 heterocycles. The summed E-state index contributed by atoms with van der Waals surface area (Å²) in [4.78, 5) is 30.4. The number of rotatable bonds is 5. The molecule has 0 saturated carbocycles. The van der Waals surface area contributed by atoms with Crippen molar-refractivity contribution >= 4 is 23.5 Å². The van der Waals surface area contributed by atoms with Crippen LogP contribution in [0.2, 0.25) is 0 Å². The number of pyridine rings is 1.